The molecule has 0 unspecified atom stereocenters. The summed E-state index contributed by atoms with van der Waals surface area (Å²) >= 11 is 0. The highest BCUT2D eigenvalue weighted by atomic mass is 16.5. The van der Waals surface area contributed by atoms with Gasteiger partial charge in [-0.05, 0) is 25.5 Å². The molecule has 0 aliphatic rings. The van der Waals surface area contributed by atoms with Gasteiger partial charge in [0.1, 0.15) is 6.21 Å². The van der Waals surface area contributed by atoms with Crippen molar-refractivity contribution < 1.29 is 14.7 Å². The second-order valence-electron chi connectivity index (χ2n) is 3.39. The smallest absolute Gasteiger partial charge is 0.360 e. The van der Waals surface area contributed by atoms with E-state index in [9.17, 15) is 4.79 Å². The number of aryl methyl sites for hydroxylation is 1. The number of nitrogens with zero attached hydrogens (tertiary/aromatic N) is 2. The summed E-state index contributed by atoms with van der Waals surface area (Å²) in [7, 11) is 0. The first-order valence-corrected chi connectivity index (χ1v) is 5.43. The van der Waals surface area contributed by atoms with E-state index in [1.54, 1.807) is 6.92 Å². The van der Waals surface area contributed by atoms with Crippen molar-refractivity contribution in [3.05, 3.63) is 29.8 Å². The average molecular weight is 249 g/mol. The molecule has 6 nitrogen and oxygen atoms in total. The number of hydrogen-bond acceptors (Lipinski definition) is 6. The van der Waals surface area contributed by atoms with E-state index in [1.165, 1.54) is 0 Å². The maximum atomic E-state index is 11.4. The molecule has 1 aromatic carbocycles. The van der Waals surface area contributed by atoms with E-state index >= 15 is 0 Å². The number of carbonyl (C=O) groups excluding carboxylic acids is 1. The third-order valence-corrected chi connectivity index (χ3v) is 2.11. The van der Waals surface area contributed by atoms with Crippen LogP contribution in [0.25, 0.3) is 0 Å². The SMILES string of the molecule is CCOC(=O)C(/C=N\O)=N\Nc1ccccc1C. The minimum Gasteiger partial charge on any atom is -0.461 e. The molecule has 0 radical (unpaired) electrons. The Kier molecular flexibility index (Phi) is 5.37. The van der Waals surface area contributed by atoms with Crippen LogP contribution in [0.4, 0.5) is 5.69 Å². The van der Waals surface area contributed by atoms with Crippen LogP contribution in [-0.4, -0.2) is 29.7 Å². The highest BCUT2D eigenvalue weighted by Crippen LogP contribution is 2.12. The summed E-state index contributed by atoms with van der Waals surface area (Å²) < 4.78 is 4.76. The van der Waals surface area contributed by atoms with Gasteiger partial charge in [-0.1, -0.05) is 23.4 Å². The van der Waals surface area contributed by atoms with Crippen LogP contribution in [0.3, 0.4) is 0 Å². The summed E-state index contributed by atoms with van der Waals surface area (Å²) in [6.45, 7) is 3.81. The minimum absolute atomic E-state index is 0.109. The van der Waals surface area contributed by atoms with Crippen molar-refractivity contribution in [2.45, 2.75) is 13.8 Å². The Bertz CT molecular complexity index is 469. The number of nitrogens with one attached hydrogen (secondary N) is 1. The Balaban J connectivity index is 2.84. The summed E-state index contributed by atoms with van der Waals surface area (Å²) in [6, 6.07) is 7.46. The summed E-state index contributed by atoms with van der Waals surface area (Å²) in [4.78, 5) is 11.4. The third-order valence-electron chi connectivity index (χ3n) is 2.11. The molecular weight excluding hydrogens is 234 g/mol. The molecule has 0 spiro atoms. The molecule has 0 atom stereocenters. The Morgan fingerprint density at radius 3 is 2.83 bits per heavy atom. The lowest BCUT2D eigenvalue weighted by Crippen LogP contribution is -2.20. The summed E-state index contributed by atoms with van der Waals surface area (Å²) in [5, 5.41) is 15.1. The lowest BCUT2D eigenvalue weighted by molar-refractivity contribution is -0.134. The van der Waals surface area contributed by atoms with E-state index in [-0.39, 0.29) is 12.3 Å². The van der Waals surface area contributed by atoms with Gasteiger partial charge in [-0.2, -0.15) is 5.10 Å². The predicted octanol–water partition coefficient (Wildman–Crippen LogP) is 1.79. The van der Waals surface area contributed by atoms with E-state index in [1.807, 2.05) is 31.2 Å². The molecule has 1 aromatic rings. The van der Waals surface area contributed by atoms with Gasteiger partial charge in [0, 0.05) is 0 Å². The first kappa shape index (κ1) is 13.7. The van der Waals surface area contributed by atoms with Crippen molar-refractivity contribution in [1.82, 2.24) is 0 Å². The number of rotatable bonds is 5. The Hall–Kier alpha value is -2.37. The molecule has 0 aliphatic carbocycles. The fourth-order valence-electron chi connectivity index (χ4n) is 1.21. The van der Waals surface area contributed by atoms with Gasteiger partial charge in [-0.15, -0.1) is 0 Å². The minimum atomic E-state index is -0.656. The number of para-hydroxylation sites is 1. The zero-order valence-corrected chi connectivity index (χ0v) is 10.3. The number of oxime groups is 1. The van der Waals surface area contributed by atoms with Gasteiger partial charge >= 0.3 is 5.97 Å². The van der Waals surface area contributed by atoms with Crippen molar-refractivity contribution in [3.63, 3.8) is 0 Å². The van der Waals surface area contributed by atoms with Crippen LogP contribution in [0.5, 0.6) is 0 Å². The van der Waals surface area contributed by atoms with Crippen LogP contribution < -0.4 is 5.43 Å². The van der Waals surface area contributed by atoms with Crippen molar-refractivity contribution in [2.24, 2.45) is 10.3 Å². The molecule has 0 amide bonds. The van der Waals surface area contributed by atoms with Crippen LogP contribution in [0.1, 0.15) is 12.5 Å². The lowest BCUT2D eigenvalue weighted by atomic mass is 10.2. The number of esters is 1. The first-order chi connectivity index (χ1) is 8.69. The zero-order chi connectivity index (χ0) is 13.4. The summed E-state index contributed by atoms with van der Waals surface area (Å²) in [5.74, 6) is -0.656. The molecule has 0 fully saturated rings. The number of benzene rings is 1. The fourth-order valence-corrected chi connectivity index (χ4v) is 1.21. The molecule has 0 saturated carbocycles. The summed E-state index contributed by atoms with van der Waals surface area (Å²) in [6.07, 6.45) is 0.920. The van der Waals surface area contributed by atoms with Crippen molar-refractivity contribution >= 4 is 23.6 Å². The predicted molar refractivity (Wildman–Crippen MR) is 69.1 cm³/mol. The quantitative estimate of drug-likeness (QED) is 0.360. The van der Waals surface area contributed by atoms with Crippen LogP contribution in [0.15, 0.2) is 34.5 Å². The Morgan fingerprint density at radius 2 is 2.22 bits per heavy atom. The molecule has 1 rings (SSSR count). The maximum Gasteiger partial charge on any atom is 0.360 e. The second kappa shape index (κ2) is 7.05. The molecule has 0 heterocycles. The number of anilines is 1. The van der Waals surface area contributed by atoms with Crippen LogP contribution in [0.2, 0.25) is 0 Å². The van der Waals surface area contributed by atoms with Gasteiger partial charge in [-0.25, -0.2) is 4.79 Å². The van der Waals surface area contributed by atoms with E-state index in [0.29, 0.717) is 0 Å². The maximum absolute atomic E-state index is 11.4. The first-order valence-electron chi connectivity index (χ1n) is 5.43. The molecule has 0 saturated heterocycles. The molecule has 0 bridgehead atoms. The zero-order valence-electron chi connectivity index (χ0n) is 10.3. The van der Waals surface area contributed by atoms with E-state index in [4.69, 9.17) is 9.94 Å². The van der Waals surface area contributed by atoms with Crippen LogP contribution >= 0.6 is 0 Å². The van der Waals surface area contributed by atoms with Crippen LogP contribution in [0, 0.1) is 6.92 Å². The largest absolute Gasteiger partial charge is 0.461 e. The summed E-state index contributed by atoms with van der Waals surface area (Å²) in [5.41, 5.74) is 4.35. The van der Waals surface area contributed by atoms with Crippen molar-refractivity contribution in [1.29, 1.82) is 0 Å². The molecule has 18 heavy (non-hydrogen) atoms. The van der Waals surface area contributed by atoms with E-state index in [0.717, 1.165) is 17.5 Å². The highest BCUT2D eigenvalue weighted by molar-refractivity contribution is 6.59. The fraction of sp³-hybridized carbons (Fsp3) is 0.250. The van der Waals surface area contributed by atoms with Crippen molar-refractivity contribution in [3.8, 4) is 0 Å². The normalized spacial score (nSPS) is 11.6. The molecule has 96 valence electrons. The highest BCUT2D eigenvalue weighted by Gasteiger charge is 2.10. The molecular formula is C12H15N3O3. The van der Waals surface area contributed by atoms with Gasteiger partial charge in [0.25, 0.3) is 0 Å². The topological polar surface area (TPSA) is 83.3 Å². The van der Waals surface area contributed by atoms with Gasteiger partial charge in [0.15, 0.2) is 5.71 Å². The van der Waals surface area contributed by atoms with Gasteiger partial charge in [-0.3, -0.25) is 5.43 Å². The van der Waals surface area contributed by atoms with Gasteiger partial charge in [0.2, 0.25) is 0 Å². The molecule has 6 heteroatoms. The monoisotopic (exact) mass is 249 g/mol. The second-order valence-corrected chi connectivity index (χ2v) is 3.39. The van der Waals surface area contributed by atoms with Gasteiger partial charge < -0.3 is 9.94 Å². The standard InChI is InChI=1S/C12H15N3O3/c1-3-18-12(16)11(8-13-17)15-14-10-7-5-4-6-9(10)2/h4-8,14,17H,3H2,1-2H3/b13-8-,15-11-. The number of carbonyl (C=O) groups is 1. The number of hydrogen-bond donors (Lipinski definition) is 2. The number of ether oxygens (including phenoxy) is 1. The van der Waals surface area contributed by atoms with Crippen LogP contribution in [-0.2, 0) is 9.53 Å². The average Bonchev–Trinajstić information content (AvgIpc) is 2.36. The molecule has 0 aromatic heterocycles. The Labute approximate surface area is 105 Å². The Morgan fingerprint density at radius 1 is 1.50 bits per heavy atom. The third kappa shape index (κ3) is 3.89. The van der Waals surface area contributed by atoms with E-state index in [2.05, 4.69) is 15.7 Å². The molecule has 0 aliphatic heterocycles. The lowest BCUT2D eigenvalue weighted by Gasteiger charge is -2.05. The molecule has 2 N–H and O–H groups in total. The van der Waals surface area contributed by atoms with Crippen molar-refractivity contribution in [2.75, 3.05) is 12.0 Å². The number of hydrazone groups is 1. The van der Waals surface area contributed by atoms with Gasteiger partial charge in [0.05, 0.1) is 12.3 Å². The van der Waals surface area contributed by atoms with E-state index < -0.39 is 5.97 Å².